The lowest BCUT2D eigenvalue weighted by Gasteiger charge is -2.26. The Balaban J connectivity index is 2.22. The van der Waals surface area contributed by atoms with Crippen molar-refractivity contribution in [3.8, 4) is 0 Å². The van der Waals surface area contributed by atoms with Crippen molar-refractivity contribution in [3.63, 3.8) is 0 Å². The van der Waals surface area contributed by atoms with E-state index in [1.54, 1.807) is 11.3 Å². The smallest absolute Gasteiger partial charge is 0.255 e. The fourth-order valence-corrected chi connectivity index (χ4v) is 2.46. The Morgan fingerprint density at radius 1 is 1.62 bits per heavy atom. The van der Waals surface area contributed by atoms with Crippen molar-refractivity contribution >= 4 is 17.2 Å². The van der Waals surface area contributed by atoms with Gasteiger partial charge in [-0.05, 0) is 11.4 Å². The van der Waals surface area contributed by atoms with Crippen molar-refractivity contribution in [3.05, 3.63) is 21.9 Å². The summed E-state index contributed by atoms with van der Waals surface area (Å²) < 4.78 is 0. The highest BCUT2D eigenvalue weighted by Crippen LogP contribution is 2.23. The number of carbonyl (C=O) groups is 1. The Morgan fingerprint density at radius 3 is 3.23 bits per heavy atom. The number of fused-ring (bicyclic) bond motifs is 1. The normalized spacial score (nSPS) is 16.1. The number of nitrogens with two attached hydrogens (primary N) is 1. The van der Waals surface area contributed by atoms with Gasteiger partial charge in [-0.15, -0.1) is 11.3 Å². The van der Waals surface area contributed by atoms with Crippen molar-refractivity contribution in [2.24, 2.45) is 5.73 Å². The van der Waals surface area contributed by atoms with Crippen LogP contribution in [0.3, 0.4) is 0 Å². The topological polar surface area (TPSA) is 46.3 Å². The maximum Gasteiger partial charge on any atom is 0.255 e. The monoisotopic (exact) mass is 196 g/mol. The van der Waals surface area contributed by atoms with Crippen molar-refractivity contribution < 1.29 is 4.79 Å². The van der Waals surface area contributed by atoms with Crippen LogP contribution in [0.5, 0.6) is 0 Å². The fraction of sp³-hybridized carbons (Fsp3) is 0.444. The fourth-order valence-electron chi connectivity index (χ4n) is 1.60. The molecule has 0 fully saturated rings. The predicted octanol–water partition coefficient (Wildman–Crippen LogP) is 0.705. The molecule has 0 radical (unpaired) electrons. The molecular formula is C9H12N2OS. The second kappa shape index (κ2) is 3.47. The molecule has 2 N–H and O–H groups in total. The van der Waals surface area contributed by atoms with Crippen LogP contribution in [0.2, 0.25) is 0 Å². The number of thiophene rings is 1. The van der Waals surface area contributed by atoms with Crippen LogP contribution in [-0.4, -0.2) is 30.4 Å². The van der Waals surface area contributed by atoms with Crippen LogP contribution in [-0.2, 0) is 6.42 Å². The van der Waals surface area contributed by atoms with E-state index in [0.717, 1.165) is 18.5 Å². The van der Waals surface area contributed by atoms with Crippen LogP contribution in [0.1, 0.15) is 15.2 Å². The first kappa shape index (κ1) is 8.72. The first-order chi connectivity index (χ1) is 6.33. The standard InChI is InChI=1S/C9H12N2OS/c10-3-5-11-4-1-8-7(9(11)12)2-6-13-8/h2,6H,1,3-5,10H2. The quantitative estimate of drug-likeness (QED) is 0.757. The summed E-state index contributed by atoms with van der Waals surface area (Å²) in [7, 11) is 0. The largest absolute Gasteiger partial charge is 0.337 e. The summed E-state index contributed by atoms with van der Waals surface area (Å²) in [6.45, 7) is 2.04. The average molecular weight is 196 g/mol. The minimum Gasteiger partial charge on any atom is -0.337 e. The number of hydrogen-bond acceptors (Lipinski definition) is 3. The molecule has 0 aliphatic carbocycles. The first-order valence-electron chi connectivity index (χ1n) is 4.38. The van der Waals surface area contributed by atoms with Crippen LogP contribution in [0.15, 0.2) is 11.4 Å². The Hall–Kier alpha value is -0.870. The molecule has 3 nitrogen and oxygen atoms in total. The van der Waals surface area contributed by atoms with Crippen LogP contribution in [0, 0.1) is 0 Å². The Bertz CT molecular complexity index is 321. The molecular weight excluding hydrogens is 184 g/mol. The number of amides is 1. The van der Waals surface area contributed by atoms with E-state index in [0.29, 0.717) is 13.1 Å². The number of carbonyl (C=O) groups excluding carboxylic acids is 1. The summed E-state index contributed by atoms with van der Waals surface area (Å²) >= 11 is 1.67. The lowest BCUT2D eigenvalue weighted by molar-refractivity contribution is 0.0747. The molecule has 0 saturated heterocycles. The lowest BCUT2D eigenvalue weighted by atomic mass is 10.1. The third-order valence-electron chi connectivity index (χ3n) is 2.27. The second-order valence-electron chi connectivity index (χ2n) is 3.09. The van der Waals surface area contributed by atoms with Gasteiger partial charge >= 0.3 is 0 Å². The number of hydrogen-bond donors (Lipinski definition) is 1. The van der Waals surface area contributed by atoms with E-state index < -0.39 is 0 Å². The molecule has 0 spiro atoms. The maximum absolute atomic E-state index is 11.7. The molecule has 0 aromatic carbocycles. The van der Waals surface area contributed by atoms with Gasteiger partial charge in [0.05, 0.1) is 5.56 Å². The zero-order valence-corrected chi connectivity index (χ0v) is 8.14. The van der Waals surface area contributed by atoms with Crippen molar-refractivity contribution in [1.82, 2.24) is 4.90 Å². The molecule has 1 aliphatic heterocycles. The third kappa shape index (κ3) is 1.47. The summed E-state index contributed by atoms with van der Waals surface area (Å²) in [5.74, 6) is 0.146. The minimum absolute atomic E-state index is 0.146. The van der Waals surface area contributed by atoms with E-state index in [1.165, 1.54) is 4.88 Å². The van der Waals surface area contributed by atoms with Crippen LogP contribution in [0.25, 0.3) is 0 Å². The zero-order valence-electron chi connectivity index (χ0n) is 7.32. The molecule has 1 aromatic heterocycles. The molecule has 13 heavy (non-hydrogen) atoms. The zero-order chi connectivity index (χ0) is 9.26. The number of rotatable bonds is 2. The Kier molecular flexibility index (Phi) is 2.33. The van der Waals surface area contributed by atoms with Crippen LogP contribution < -0.4 is 5.73 Å². The van der Waals surface area contributed by atoms with Gasteiger partial charge in [0.1, 0.15) is 0 Å². The highest BCUT2D eigenvalue weighted by molar-refractivity contribution is 7.10. The van der Waals surface area contributed by atoms with Gasteiger partial charge in [0.25, 0.3) is 5.91 Å². The van der Waals surface area contributed by atoms with Gasteiger partial charge in [-0.25, -0.2) is 0 Å². The first-order valence-corrected chi connectivity index (χ1v) is 5.26. The third-order valence-corrected chi connectivity index (χ3v) is 3.25. The predicted molar refractivity (Wildman–Crippen MR) is 53.0 cm³/mol. The van der Waals surface area contributed by atoms with Crippen molar-refractivity contribution in [1.29, 1.82) is 0 Å². The summed E-state index contributed by atoms with van der Waals surface area (Å²) in [4.78, 5) is 14.8. The Labute approximate surface area is 81.2 Å². The van der Waals surface area contributed by atoms with Gasteiger partial charge in [0.15, 0.2) is 0 Å². The molecule has 4 heteroatoms. The van der Waals surface area contributed by atoms with E-state index in [4.69, 9.17) is 5.73 Å². The SMILES string of the molecule is NCCN1CCc2sccc2C1=O. The second-order valence-corrected chi connectivity index (χ2v) is 4.09. The van der Waals surface area contributed by atoms with E-state index in [9.17, 15) is 4.79 Å². The van der Waals surface area contributed by atoms with E-state index in [-0.39, 0.29) is 5.91 Å². The molecule has 2 rings (SSSR count). The van der Waals surface area contributed by atoms with Gasteiger partial charge in [-0.3, -0.25) is 4.79 Å². The summed E-state index contributed by atoms with van der Waals surface area (Å²) in [6, 6.07) is 1.91. The molecule has 0 unspecified atom stereocenters. The number of nitrogens with zero attached hydrogens (tertiary/aromatic N) is 1. The highest BCUT2D eigenvalue weighted by Gasteiger charge is 2.23. The van der Waals surface area contributed by atoms with Crippen LogP contribution >= 0.6 is 11.3 Å². The maximum atomic E-state index is 11.7. The molecule has 1 amide bonds. The molecule has 2 heterocycles. The molecule has 0 bridgehead atoms. The van der Waals surface area contributed by atoms with Gasteiger partial charge < -0.3 is 10.6 Å². The highest BCUT2D eigenvalue weighted by atomic mass is 32.1. The van der Waals surface area contributed by atoms with Crippen molar-refractivity contribution in [2.45, 2.75) is 6.42 Å². The summed E-state index contributed by atoms with van der Waals surface area (Å²) in [5, 5.41) is 1.98. The molecule has 70 valence electrons. The van der Waals surface area contributed by atoms with E-state index in [1.807, 2.05) is 16.3 Å². The van der Waals surface area contributed by atoms with E-state index in [2.05, 4.69) is 0 Å². The van der Waals surface area contributed by atoms with Crippen molar-refractivity contribution in [2.75, 3.05) is 19.6 Å². The minimum atomic E-state index is 0.146. The average Bonchev–Trinajstić information content (AvgIpc) is 2.58. The summed E-state index contributed by atoms with van der Waals surface area (Å²) in [5.41, 5.74) is 6.30. The molecule has 0 atom stereocenters. The van der Waals surface area contributed by atoms with Gasteiger partial charge in [0.2, 0.25) is 0 Å². The molecule has 1 aliphatic rings. The lowest BCUT2D eigenvalue weighted by Crippen LogP contribution is -2.39. The summed E-state index contributed by atoms with van der Waals surface area (Å²) in [6.07, 6.45) is 0.985. The van der Waals surface area contributed by atoms with Crippen LogP contribution in [0.4, 0.5) is 0 Å². The Morgan fingerprint density at radius 2 is 2.46 bits per heavy atom. The van der Waals surface area contributed by atoms with Gasteiger partial charge in [-0.2, -0.15) is 0 Å². The molecule has 0 saturated carbocycles. The van der Waals surface area contributed by atoms with Gasteiger partial charge in [0, 0.05) is 30.9 Å². The van der Waals surface area contributed by atoms with Gasteiger partial charge in [-0.1, -0.05) is 0 Å². The molecule has 1 aromatic rings. The van der Waals surface area contributed by atoms with E-state index >= 15 is 0 Å².